The third-order valence-electron chi connectivity index (χ3n) is 1.43. The van der Waals surface area contributed by atoms with Crippen LogP contribution in [0.3, 0.4) is 0 Å². The van der Waals surface area contributed by atoms with Crippen molar-refractivity contribution in [3.63, 3.8) is 0 Å². The van der Waals surface area contributed by atoms with E-state index in [9.17, 15) is 0 Å². The topological polar surface area (TPSA) is 38.9 Å². The number of rotatable bonds is 2. The first kappa shape index (κ1) is 8.99. The van der Waals surface area contributed by atoms with E-state index in [1.165, 1.54) is 17.6 Å². The van der Waals surface area contributed by atoms with Gasteiger partial charge in [0.05, 0.1) is 17.7 Å². The highest BCUT2D eigenvalue weighted by Gasteiger charge is 2.11. The minimum Gasteiger partial charge on any atom is -0.452 e. The summed E-state index contributed by atoms with van der Waals surface area (Å²) < 4.78 is 4.93. The zero-order valence-corrected chi connectivity index (χ0v) is 8.66. The van der Waals surface area contributed by atoms with Crippen LogP contribution >= 0.6 is 34.5 Å². The van der Waals surface area contributed by atoms with E-state index in [2.05, 4.69) is 10.2 Å². The molecule has 0 saturated heterocycles. The molecular formula is C7H4Cl2N2OS. The van der Waals surface area contributed by atoms with Crippen molar-refractivity contribution < 1.29 is 4.42 Å². The summed E-state index contributed by atoms with van der Waals surface area (Å²) in [6.07, 6.45) is 1.51. The minimum atomic E-state index is 0.331. The number of furan rings is 1. The lowest BCUT2D eigenvalue weighted by atomic mass is 10.4. The number of aromatic nitrogens is 2. The first-order valence-corrected chi connectivity index (χ1v) is 5.16. The molecule has 0 bridgehead atoms. The van der Waals surface area contributed by atoms with Crippen LogP contribution in [0.15, 0.2) is 16.7 Å². The van der Waals surface area contributed by atoms with E-state index in [4.69, 9.17) is 27.6 Å². The van der Waals surface area contributed by atoms with Gasteiger partial charge in [-0.3, -0.25) is 0 Å². The SMILES string of the molecule is ClCc1nnc(-c2ccoc2Cl)s1. The third-order valence-corrected chi connectivity index (χ3v) is 3.09. The molecule has 0 aliphatic carbocycles. The second-order valence-electron chi connectivity index (χ2n) is 2.24. The lowest BCUT2D eigenvalue weighted by Crippen LogP contribution is -1.74. The Morgan fingerprint density at radius 2 is 2.31 bits per heavy atom. The minimum absolute atomic E-state index is 0.331. The molecule has 0 N–H and O–H groups in total. The van der Waals surface area contributed by atoms with Crippen molar-refractivity contribution in [2.75, 3.05) is 0 Å². The Morgan fingerprint density at radius 3 is 2.85 bits per heavy atom. The summed E-state index contributed by atoms with van der Waals surface area (Å²) in [7, 11) is 0. The molecule has 2 aromatic rings. The maximum absolute atomic E-state index is 5.77. The molecule has 0 fully saturated rings. The van der Waals surface area contributed by atoms with Crippen molar-refractivity contribution in [3.05, 3.63) is 22.6 Å². The van der Waals surface area contributed by atoms with Crippen LogP contribution in [0, 0.1) is 0 Å². The molecule has 0 spiro atoms. The normalized spacial score (nSPS) is 10.6. The van der Waals surface area contributed by atoms with Gasteiger partial charge in [-0.25, -0.2) is 0 Å². The summed E-state index contributed by atoms with van der Waals surface area (Å²) in [6, 6.07) is 1.75. The zero-order valence-electron chi connectivity index (χ0n) is 6.33. The maximum atomic E-state index is 5.77. The van der Waals surface area contributed by atoms with Crippen molar-refractivity contribution in [1.82, 2.24) is 10.2 Å². The number of nitrogens with zero attached hydrogens (tertiary/aromatic N) is 2. The van der Waals surface area contributed by atoms with Gasteiger partial charge < -0.3 is 4.42 Å². The third kappa shape index (κ3) is 1.70. The largest absolute Gasteiger partial charge is 0.452 e. The smallest absolute Gasteiger partial charge is 0.203 e. The standard InChI is InChI=1S/C7H4Cl2N2OS/c8-3-5-10-11-7(13-5)4-1-2-12-6(4)9/h1-2H,3H2. The summed E-state index contributed by atoms with van der Waals surface area (Å²) in [5.74, 6) is 0.368. The van der Waals surface area contributed by atoms with E-state index in [0.717, 1.165) is 15.6 Å². The predicted molar refractivity (Wildman–Crippen MR) is 52.2 cm³/mol. The Balaban J connectivity index is 2.41. The van der Waals surface area contributed by atoms with E-state index >= 15 is 0 Å². The molecule has 0 atom stereocenters. The van der Waals surface area contributed by atoms with Crippen LogP contribution in [0.2, 0.25) is 5.22 Å². The highest BCUT2D eigenvalue weighted by atomic mass is 35.5. The van der Waals surface area contributed by atoms with E-state index in [1.807, 2.05) is 0 Å². The Bertz CT molecular complexity index is 412. The quantitative estimate of drug-likeness (QED) is 0.750. The lowest BCUT2D eigenvalue weighted by Gasteiger charge is -1.86. The first-order chi connectivity index (χ1) is 6.31. The van der Waals surface area contributed by atoms with Crippen molar-refractivity contribution in [3.8, 4) is 10.6 Å². The number of alkyl halides is 1. The van der Waals surface area contributed by atoms with E-state index in [1.54, 1.807) is 6.07 Å². The summed E-state index contributed by atoms with van der Waals surface area (Å²) in [4.78, 5) is 0. The fraction of sp³-hybridized carbons (Fsp3) is 0.143. The molecule has 3 nitrogen and oxygen atoms in total. The second-order valence-corrected chi connectivity index (χ2v) is 3.92. The molecule has 0 unspecified atom stereocenters. The molecule has 13 heavy (non-hydrogen) atoms. The zero-order chi connectivity index (χ0) is 9.26. The van der Waals surface area contributed by atoms with Gasteiger partial charge >= 0.3 is 0 Å². The highest BCUT2D eigenvalue weighted by molar-refractivity contribution is 7.14. The van der Waals surface area contributed by atoms with Crippen LogP contribution in [-0.4, -0.2) is 10.2 Å². The van der Waals surface area contributed by atoms with E-state index in [-0.39, 0.29) is 0 Å². The summed E-state index contributed by atoms with van der Waals surface area (Å²) in [6.45, 7) is 0. The van der Waals surface area contributed by atoms with Crippen molar-refractivity contribution in [1.29, 1.82) is 0 Å². The van der Waals surface area contributed by atoms with Crippen molar-refractivity contribution >= 4 is 34.5 Å². The van der Waals surface area contributed by atoms with E-state index < -0.39 is 0 Å². The molecule has 2 rings (SSSR count). The average molecular weight is 235 g/mol. The fourth-order valence-corrected chi connectivity index (χ4v) is 2.05. The maximum Gasteiger partial charge on any atom is 0.203 e. The second kappa shape index (κ2) is 3.65. The first-order valence-electron chi connectivity index (χ1n) is 3.43. The molecule has 68 valence electrons. The molecule has 0 saturated carbocycles. The van der Waals surface area contributed by atoms with E-state index in [0.29, 0.717) is 11.1 Å². The summed E-state index contributed by atoms with van der Waals surface area (Å²) in [5, 5.41) is 9.63. The monoisotopic (exact) mass is 234 g/mol. The van der Waals surface area contributed by atoms with Gasteiger partial charge in [-0.15, -0.1) is 21.8 Å². The molecular weight excluding hydrogens is 231 g/mol. The average Bonchev–Trinajstić information content (AvgIpc) is 2.71. The molecule has 0 amide bonds. The number of halogens is 2. The van der Waals surface area contributed by atoms with Gasteiger partial charge in [-0.1, -0.05) is 11.3 Å². The summed E-state index contributed by atoms with van der Waals surface area (Å²) >= 11 is 12.8. The molecule has 0 aliphatic rings. The van der Waals surface area contributed by atoms with Crippen LogP contribution in [0.25, 0.3) is 10.6 Å². The predicted octanol–water partition coefficient (Wildman–Crippen LogP) is 3.19. The molecule has 6 heteroatoms. The molecule has 0 aromatic carbocycles. The van der Waals surface area contributed by atoms with Crippen LogP contribution in [0.5, 0.6) is 0 Å². The molecule has 2 aromatic heterocycles. The Morgan fingerprint density at radius 1 is 1.46 bits per heavy atom. The van der Waals surface area contributed by atoms with Crippen LogP contribution in [0.4, 0.5) is 0 Å². The van der Waals surface area contributed by atoms with Crippen LogP contribution in [-0.2, 0) is 5.88 Å². The van der Waals surface area contributed by atoms with Gasteiger partial charge in [-0.05, 0) is 17.7 Å². The van der Waals surface area contributed by atoms with Crippen molar-refractivity contribution in [2.24, 2.45) is 0 Å². The fourth-order valence-electron chi connectivity index (χ4n) is 0.863. The lowest BCUT2D eigenvalue weighted by molar-refractivity contribution is 0.570. The highest BCUT2D eigenvalue weighted by Crippen LogP contribution is 2.31. The van der Waals surface area contributed by atoms with Gasteiger partial charge in [0.25, 0.3) is 0 Å². The van der Waals surface area contributed by atoms with Gasteiger partial charge in [0, 0.05) is 0 Å². The Labute approximate surface area is 88.3 Å². The molecule has 2 heterocycles. The Kier molecular flexibility index (Phi) is 2.53. The number of hydrogen-bond acceptors (Lipinski definition) is 4. The van der Waals surface area contributed by atoms with Gasteiger partial charge in [0.2, 0.25) is 5.22 Å². The van der Waals surface area contributed by atoms with Crippen molar-refractivity contribution in [2.45, 2.75) is 5.88 Å². The van der Waals surface area contributed by atoms with Crippen LogP contribution < -0.4 is 0 Å². The molecule has 0 aliphatic heterocycles. The summed E-state index contributed by atoms with van der Waals surface area (Å²) in [5.41, 5.74) is 0.760. The number of hydrogen-bond donors (Lipinski definition) is 0. The van der Waals surface area contributed by atoms with Gasteiger partial charge in [0.1, 0.15) is 5.01 Å². The molecule has 0 radical (unpaired) electrons. The Hall–Kier alpha value is -0.580. The van der Waals surface area contributed by atoms with Gasteiger partial charge in [-0.2, -0.15) is 0 Å². The van der Waals surface area contributed by atoms with Crippen LogP contribution in [0.1, 0.15) is 5.01 Å². The van der Waals surface area contributed by atoms with Gasteiger partial charge in [0.15, 0.2) is 5.01 Å².